The van der Waals surface area contributed by atoms with E-state index in [4.69, 9.17) is 27.9 Å². The Morgan fingerprint density at radius 1 is 0.960 bits per heavy atom. The summed E-state index contributed by atoms with van der Waals surface area (Å²) in [5, 5.41) is 1.42. The van der Waals surface area contributed by atoms with Gasteiger partial charge < -0.3 is 4.74 Å². The molecular weight excluding hydrogens is 357 g/mol. The zero-order chi connectivity index (χ0) is 17.6. The van der Waals surface area contributed by atoms with Crippen molar-refractivity contribution >= 4 is 29.2 Å². The average Bonchev–Trinajstić information content (AvgIpc) is 2.63. The number of likely N-dealkylation sites (tertiary alicyclic amines) is 1. The van der Waals surface area contributed by atoms with Crippen molar-refractivity contribution in [2.24, 2.45) is 5.92 Å². The molecule has 1 fully saturated rings. The van der Waals surface area contributed by atoms with Crippen molar-refractivity contribution in [2.45, 2.75) is 26.0 Å². The number of rotatable bonds is 5. The van der Waals surface area contributed by atoms with Gasteiger partial charge in [-0.3, -0.25) is 9.69 Å². The van der Waals surface area contributed by atoms with Gasteiger partial charge in [0.2, 0.25) is 0 Å². The van der Waals surface area contributed by atoms with Gasteiger partial charge in [0.1, 0.15) is 6.61 Å². The van der Waals surface area contributed by atoms with Crippen molar-refractivity contribution in [2.75, 3.05) is 13.1 Å². The third-order valence-electron chi connectivity index (χ3n) is 4.60. The Labute approximate surface area is 158 Å². The van der Waals surface area contributed by atoms with Crippen LogP contribution in [-0.4, -0.2) is 24.0 Å². The maximum atomic E-state index is 12.3. The highest BCUT2D eigenvalue weighted by Crippen LogP contribution is 2.24. The third kappa shape index (κ3) is 4.97. The van der Waals surface area contributed by atoms with E-state index >= 15 is 0 Å². The number of hydrogen-bond donors (Lipinski definition) is 0. The zero-order valence-electron chi connectivity index (χ0n) is 14.0. The topological polar surface area (TPSA) is 29.5 Å². The van der Waals surface area contributed by atoms with Crippen LogP contribution in [0.2, 0.25) is 10.0 Å². The minimum absolute atomic E-state index is 0.0371. The number of ether oxygens (including phenoxy) is 1. The smallest absolute Gasteiger partial charge is 0.309 e. The summed E-state index contributed by atoms with van der Waals surface area (Å²) in [6.45, 7) is 2.80. The predicted octanol–water partition coefficient (Wildman–Crippen LogP) is 4.95. The van der Waals surface area contributed by atoms with Gasteiger partial charge in [0, 0.05) is 22.2 Å². The molecule has 0 N–H and O–H groups in total. The lowest BCUT2D eigenvalue weighted by atomic mass is 9.96. The molecule has 0 saturated carbocycles. The van der Waals surface area contributed by atoms with Gasteiger partial charge in [-0.25, -0.2) is 0 Å². The van der Waals surface area contributed by atoms with Gasteiger partial charge in [-0.1, -0.05) is 59.6 Å². The second kappa shape index (κ2) is 8.70. The van der Waals surface area contributed by atoms with E-state index in [1.165, 1.54) is 0 Å². The van der Waals surface area contributed by atoms with E-state index in [0.717, 1.165) is 48.6 Å². The van der Waals surface area contributed by atoms with Crippen molar-refractivity contribution in [3.05, 3.63) is 69.7 Å². The second-order valence-electron chi connectivity index (χ2n) is 6.34. The van der Waals surface area contributed by atoms with Crippen LogP contribution in [0.25, 0.3) is 0 Å². The summed E-state index contributed by atoms with van der Waals surface area (Å²) in [7, 11) is 0. The van der Waals surface area contributed by atoms with E-state index in [1.54, 1.807) is 6.07 Å². The Kier molecular flexibility index (Phi) is 6.35. The molecule has 25 heavy (non-hydrogen) atoms. The number of carbonyl (C=O) groups excluding carboxylic acids is 1. The van der Waals surface area contributed by atoms with Gasteiger partial charge in [-0.15, -0.1) is 0 Å². The fourth-order valence-electron chi connectivity index (χ4n) is 3.08. The minimum atomic E-state index is -0.127. The molecule has 1 heterocycles. The van der Waals surface area contributed by atoms with E-state index in [9.17, 15) is 4.79 Å². The molecule has 0 amide bonds. The van der Waals surface area contributed by atoms with Gasteiger partial charge >= 0.3 is 5.97 Å². The molecule has 0 radical (unpaired) electrons. The first kappa shape index (κ1) is 18.2. The fraction of sp³-hybridized carbons (Fsp3) is 0.350. The molecule has 132 valence electrons. The Hall–Kier alpha value is -1.55. The highest BCUT2D eigenvalue weighted by atomic mass is 35.5. The summed E-state index contributed by atoms with van der Waals surface area (Å²) in [4.78, 5) is 14.6. The zero-order valence-corrected chi connectivity index (χ0v) is 15.5. The lowest BCUT2D eigenvalue weighted by Crippen LogP contribution is -2.36. The third-order valence-corrected chi connectivity index (χ3v) is 5.34. The molecule has 1 saturated heterocycles. The van der Waals surface area contributed by atoms with Crippen LogP contribution in [-0.2, 0) is 22.7 Å². The molecule has 2 aromatic rings. The number of halogens is 2. The Morgan fingerprint density at radius 2 is 1.52 bits per heavy atom. The molecule has 1 aliphatic rings. The van der Waals surface area contributed by atoms with Gasteiger partial charge in [0.15, 0.2) is 0 Å². The number of carbonyl (C=O) groups is 1. The predicted molar refractivity (Wildman–Crippen MR) is 101 cm³/mol. The molecule has 0 spiro atoms. The molecule has 0 unspecified atom stereocenters. The highest BCUT2D eigenvalue weighted by molar-refractivity contribution is 6.31. The number of piperidine rings is 1. The lowest BCUT2D eigenvalue weighted by molar-refractivity contribution is -0.151. The summed E-state index contributed by atoms with van der Waals surface area (Å²) >= 11 is 12.3. The molecule has 5 heteroatoms. The molecule has 2 aromatic carbocycles. The Balaban J connectivity index is 1.46. The lowest BCUT2D eigenvalue weighted by Gasteiger charge is -2.31. The summed E-state index contributed by atoms with van der Waals surface area (Å²) in [6.07, 6.45) is 1.62. The van der Waals surface area contributed by atoms with Gasteiger partial charge in [0.25, 0.3) is 0 Å². The van der Waals surface area contributed by atoms with Gasteiger partial charge in [0.05, 0.1) is 5.92 Å². The molecule has 0 atom stereocenters. The largest absolute Gasteiger partial charge is 0.461 e. The average molecular weight is 378 g/mol. The van der Waals surface area contributed by atoms with Crippen LogP contribution < -0.4 is 0 Å². The van der Waals surface area contributed by atoms with Gasteiger partial charge in [-0.2, -0.15) is 0 Å². The summed E-state index contributed by atoms with van der Waals surface area (Å²) in [5.74, 6) is -0.165. The number of nitrogens with zero attached hydrogens (tertiary/aromatic N) is 1. The second-order valence-corrected chi connectivity index (χ2v) is 7.16. The normalized spacial score (nSPS) is 15.9. The number of hydrogen-bond acceptors (Lipinski definition) is 3. The van der Waals surface area contributed by atoms with E-state index in [2.05, 4.69) is 4.90 Å². The van der Waals surface area contributed by atoms with Crippen molar-refractivity contribution in [1.29, 1.82) is 0 Å². The summed E-state index contributed by atoms with van der Waals surface area (Å²) < 4.78 is 5.46. The van der Waals surface area contributed by atoms with Crippen LogP contribution >= 0.6 is 23.2 Å². The number of esters is 1. The minimum Gasteiger partial charge on any atom is -0.461 e. The van der Waals surface area contributed by atoms with Crippen LogP contribution in [0.1, 0.15) is 24.0 Å². The van der Waals surface area contributed by atoms with Crippen molar-refractivity contribution in [1.82, 2.24) is 4.90 Å². The molecule has 0 aliphatic carbocycles. The molecule has 0 bridgehead atoms. The van der Waals surface area contributed by atoms with E-state index in [-0.39, 0.29) is 18.5 Å². The first-order valence-electron chi connectivity index (χ1n) is 8.49. The van der Waals surface area contributed by atoms with E-state index < -0.39 is 0 Å². The van der Waals surface area contributed by atoms with Crippen molar-refractivity contribution in [3.8, 4) is 0 Å². The standard InChI is InChI=1S/C20H21Cl2NO2/c21-18-7-3-1-5-16(18)13-23-11-9-15(10-12-23)20(24)25-14-17-6-2-4-8-19(17)22/h1-8,15H,9-14H2. The Bertz CT molecular complexity index is 727. The quantitative estimate of drug-likeness (QED) is 0.690. The maximum absolute atomic E-state index is 12.3. The SMILES string of the molecule is O=C(OCc1ccccc1Cl)C1CCN(Cc2ccccc2Cl)CC1. The molecular formula is C20H21Cl2NO2. The Morgan fingerprint density at radius 3 is 2.12 bits per heavy atom. The molecule has 1 aliphatic heterocycles. The first-order chi connectivity index (χ1) is 12.1. The monoisotopic (exact) mass is 377 g/mol. The fourth-order valence-corrected chi connectivity index (χ4v) is 3.46. The van der Waals surface area contributed by atoms with Crippen LogP contribution in [0.15, 0.2) is 48.5 Å². The van der Waals surface area contributed by atoms with Crippen LogP contribution in [0.3, 0.4) is 0 Å². The van der Waals surface area contributed by atoms with Crippen LogP contribution in [0.5, 0.6) is 0 Å². The maximum Gasteiger partial charge on any atom is 0.309 e. The summed E-state index contributed by atoms with van der Waals surface area (Å²) in [6, 6.07) is 15.3. The molecule has 3 nitrogen and oxygen atoms in total. The van der Waals surface area contributed by atoms with Crippen molar-refractivity contribution in [3.63, 3.8) is 0 Å². The van der Waals surface area contributed by atoms with Crippen LogP contribution in [0, 0.1) is 5.92 Å². The summed E-state index contributed by atoms with van der Waals surface area (Å²) in [5.41, 5.74) is 1.97. The molecule has 0 aromatic heterocycles. The van der Waals surface area contributed by atoms with E-state index in [1.807, 2.05) is 42.5 Å². The first-order valence-corrected chi connectivity index (χ1v) is 9.25. The molecule has 3 rings (SSSR count). The van der Waals surface area contributed by atoms with E-state index in [0.29, 0.717) is 5.02 Å². The highest BCUT2D eigenvalue weighted by Gasteiger charge is 2.26. The number of benzene rings is 2. The van der Waals surface area contributed by atoms with Gasteiger partial charge in [-0.05, 0) is 43.6 Å². The van der Waals surface area contributed by atoms with Crippen molar-refractivity contribution < 1.29 is 9.53 Å². The van der Waals surface area contributed by atoms with Crippen LogP contribution in [0.4, 0.5) is 0 Å².